The number of amides is 2. The summed E-state index contributed by atoms with van der Waals surface area (Å²) in [6.07, 6.45) is 4.95. The summed E-state index contributed by atoms with van der Waals surface area (Å²) in [7, 11) is 0. The Balaban J connectivity index is 1.52. The average molecular weight is 453 g/mol. The van der Waals surface area contributed by atoms with Crippen LogP contribution in [0.3, 0.4) is 0 Å². The predicted octanol–water partition coefficient (Wildman–Crippen LogP) is 4.30. The molecule has 1 unspecified atom stereocenters. The highest BCUT2D eigenvalue weighted by Crippen LogP contribution is 2.40. The molecule has 0 aliphatic carbocycles. The van der Waals surface area contributed by atoms with Gasteiger partial charge in [-0.3, -0.25) is 19.3 Å². The Morgan fingerprint density at radius 3 is 2.56 bits per heavy atom. The Morgan fingerprint density at radius 1 is 1.03 bits per heavy atom. The maximum atomic E-state index is 13.4. The topological polar surface area (TPSA) is 93.0 Å². The number of aromatic nitrogens is 4. The van der Waals surface area contributed by atoms with Crippen LogP contribution >= 0.6 is 0 Å². The zero-order valence-electron chi connectivity index (χ0n) is 18.9. The predicted molar refractivity (Wildman–Crippen MR) is 129 cm³/mol. The molecule has 1 aliphatic rings. The van der Waals surface area contributed by atoms with Gasteiger partial charge in [0.15, 0.2) is 5.82 Å². The van der Waals surface area contributed by atoms with Crippen LogP contribution in [0.25, 0.3) is 0 Å². The summed E-state index contributed by atoms with van der Waals surface area (Å²) < 4.78 is 1.80. The lowest BCUT2D eigenvalue weighted by atomic mass is 9.98. The van der Waals surface area contributed by atoms with Gasteiger partial charge in [0.1, 0.15) is 6.33 Å². The van der Waals surface area contributed by atoms with E-state index in [0.29, 0.717) is 29.2 Å². The maximum Gasteiger partial charge on any atom is 0.258 e. The molecule has 3 heterocycles. The third kappa shape index (κ3) is 4.05. The molecule has 8 heteroatoms. The van der Waals surface area contributed by atoms with Crippen LogP contribution in [0.15, 0.2) is 79.4 Å². The first kappa shape index (κ1) is 21.5. The smallest absolute Gasteiger partial charge is 0.258 e. The molecule has 2 amide bonds. The van der Waals surface area contributed by atoms with Crippen LogP contribution in [0, 0.1) is 0 Å². The minimum atomic E-state index is -0.247. The summed E-state index contributed by atoms with van der Waals surface area (Å²) in [6, 6.07) is 18.3. The molecule has 0 saturated heterocycles. The molecule has 2 aromatic heterocycles. The second-order valence-corrected chi connectivity index (χ2v) is 8.48. The third-order valence-corrected chi connectivity index (χ3v) is 5.87. The minimum Gasteiger partial charge on any atom is -0.321 e. The van der Waals surface area contributed by atoms with Crippen LogP contribution in [-0.2, 0) is 0 Å². The molecular formula is C26H24N6O2. The van der Waals surface area contributed by atoms with Crippen molar-refractivity contribution in [3.63, 3.8) is 0 Å². The Bertz CT molecular complexity index is 1330. The van der Waals surface area contributed by atoms with Crippen molar-refractivity contribution in [3.8, 4) is 0 Å². The molecular weight excluding hydrogens is 428 g/mol. The van der Waals surface area contributed by atoms with Crippen molar-refractivity contribution in [1.82, 2.24) is 19.7 Å². The summed E-state index contributed by atoms with van der Waals surface area (Å²) in [4.78, 5) is 36.6. The molecule has 2 aromatic carbocycles. The van der Waals surface area contributed by atoms with Gasteiger partial charge in [-0.15, -0.1) is 0 Å². The standard InChI is InChI=1S/C26H24N6O2/c1-17(2)32-16-28-24(30-32)22-15-31(26(34)18-7-4-3-5-8-18)23-11-10-19(13-21(22)23)25(33)29-20-9-6-12-27-14-20/h3-14,16-17,22H,15H2,1-2H3,(H,29,33). The van der Waals surface area contributed by atoms with Crippen molar-refractivity contribution in [2.75, 3.05) is 16.8 Å². The number of rotatable bonds is 5. The van der Waals surface area contributed by atoms with Gasteiger partial charge in [-0.25, -0.2) is 4.98 Å². The van der Waals surface area contributed by atoms with Crippen LogP contribution in [-0.4, -0.2) is 38.1 Å². The quantitative estimate of drug-likeness (QED) is 0.487. The van der Waals surface area contributed by atoms with Gasteiger partial charge in [0.2, 0.25) is 0 Å². The van der Waals surface area contributed by atoms with E-state index in [0.717, 1.165) is 11.3 Å². The van der Waals surface area contributed by atoms with Gasteiger partial charge >= 0.3 is 0 Å². The molecule has 0 radical (unpaired) electrons. The highest BCUT2D eigenvalue weighted by Gasteiger charge is 2.36. The molecule has 1 aliphatic heterocycles. The van der Waals surface area contributed by atoms with Gasteiger partial charge in [-0.2, -0.15) is 5.10 Å². The largest absolute Gasteiger partial charge is 0.321 e. The van der Waals surface area contributed by atoms with Gasteiger partial charge in [0.25, 0.3) is 11.8 Å². The number of carbonyl (C=O) groups is 2. The fraction of sp³-hybridized carbons (Fsp3) is 0.192. The van der Waals surface area contributed by atoms with Gasteiger partial charge in [0.05, 0.1) is 17.8 Å². The van der Waals surface area contributed by atoms with Crippen LogP contribution in [0.5, 0.6) is 0 Å². The van der Waals surface area contributed by atoms with E-state index in [1.807, 2.05) is 44.2 Å². The first-order valence-corrected chi connectivity index (χ1v) is 11.1. The SMILES string of the molecule is CC(C)n1cnc(C2CN(C(=O)c3ccccc3)c3ccc(C(=O)Nc4cccnc4)cc32)n1. The first-order chi connectivity index (χ1) is 16.5. The molecule has 8 nitrogen and oxygen atoms in total. The normalized spacial score (nSPS) is 14.8. The number of fused-ring (bicyclic) bond motifs is 1. The van der Waals surface area contributed by atoms with Gasteiger partial charge in [0, 0.05) is 35.6 Å². The average Bonchev–Trinajstić information content (AvgIpc) is 3.50. The fourth-order valence-corrected chi connectivity index (χ4v) is 4.09. The number of anilines is 2. The van der Waals surface area contributed by atoms with Gasteiger partial charge < -0.3 is 10.2 Å². The maximum absolute atomic E-state index is 13.4. The van der Waals surface area contributed by atoms with E-state index in [4.69, 9.17) is 0 Å². The number of nitrogens with one attached hydrogen (secondary N) is 1. The van der Waals surface area contributed by atoms with E-state index >= 15 is 0 Å². The Hall–Kier alpha value is -4.33. The van der Waals surface area contributed by atoms with Crippen molar-refractivity contribution < 1.29 is 9.59 Å². The monoisotopic (exact) mass is 452 g/mol. The van der Waals surface area contributed by atoms with E-state index in [1.54, 1.807) is 58.6 Å². The van der Waals surface area contributed by atoms with Gasteiger partial charge in [-0.1, -0.05) is 18.2 Å². The zero-order valence-corrected chi connectivity index (χ0v) is 18.9. The van der Waals surface area contributed by atoms with E-state index in [-0.39, 0.29) is 23.8 Å². The first-order valence-electron chi connectivity index (χ1n) is 11.1. The van der Waals surface area contributed by atoms with Crippen molar-refractivity contribution in [2.45, 2.75) is 25.8 Å². The number of carbonyl (C=O) groups excluding carboxylic acids is 2. The minimum absolute atomic E-state index is 0.0970. The lowest BCUT2D eigenvalue weighted by Crippen LogP contribution is -2.30. The molecule has 34 heavy (non-hydrogen) atoms. The van der Waals surface area contributed by atoms with E-state index in [1.165, 1.54) is 0 Å². The Kier molecular flexibility index (Phi) is 5.63. The van der Waals surface area contributed by atoms with Crippen LogP contribution in [0.2, 0.25) is 0 Å². The summed E-state index contributed by atoms with van der Waals surface area (Å²) in [5, 5.41) is 7.52. The Labute approximate surface area is 197 Å². The summed E-state index contributed by atoms with van der Waals surface area (Å²) in [5.74, 6) is 0.0418. The molecule has 1 N–H and O–H groups in total. The third-order valence-electron chi connectivity index (χ3n) is 5.87. The molecule has 170 valence electrons. The van der Waals surface area contributed by atoms with Crippen molar-refractivity contribution in [1.29, 1.82) is 0 Å². The fourth-order valence-electron chi connectivity index (χ4n) is 4.09. The Morgan fingerprint density at radius 2 is 1.85 bits per heavy atom. The molecule has 5 rings (SSSR count). The molecule has 1 atom stereocenters. The lowest BCUT2D eigenvalue weighted by molar-refractivity contribution is 0.0987. The van der Waals surface area contributed by atoms with Crippen molar-refractivity contribution in [3.05, 3.63) is 102 Å². The van der Waals surface area contributed by atoms with Crippen LogP contribution < -0.4 is 10.2 Å². The number of nitrogens with zero attached hydrogens (tertiary/aromatic N) is 5. The van der Waals surface area contributed by atoms with E-state index < -0.39 is 0 Å². The summed E-state index contributed by atoms with van der Waals surface area (Å²) in [6.45, 7) is 4.47. The molecule has 0 fully saturated rings. The zero-order chi connectivity index (χ0) is 23.7. The van der Waals surface area contributed by atoms with Crippen molar-refractivity contribution >= 4 is 23.2 Å². The number of hydrogen-bond donors (Lipinski definition) is 1. The second kappa shape index (κ2) is 8.90. The lowest BCUT2D eigenvalue weighted by Gasteiger charge is -2.18. The second-order valence-electron chi connectivity index (χ2n) is 8.48. The van der Waals surface area contributed by atoms with Crippen molar-refractivity contribution in [2.24, 2.45) is 0 Å². The molecule has 4 aromatic rings. The highest BCUT2D eigenvalue weighted by atomic mass is 16.2. The van der Waals surface area contributed by atoms with E-state index in [2.05, 4.69) is 20.4 Å². The highest BCUT2D eigenvalue weighted by molar-refractivity contribution is 6.09. The molecule has 0 spiro atoms. The summed E-state index contributed by atoms with van der Waals surface area (Å²) >= 11 is 0. The molecule has 0 saturated carbocycles. The number of hydrogen-bond acceptors (Lipinski definition) is 5. The number of pyridine rings is 1. The molecule has 0 bridgehead atoms. The van der Waals surface area contributed by atoms with Gasteiger partial charge in [-0.05, 0) is 61.9 Å². The van der Waals surface area contributed by atoms with E-state index in [9.17, 15) is 9.59 Å². The summed E-state index contributed by atoms with van der Waals surface area (Å²) in [5.41, 5.74) is 3.32. The number of benzene rings is 2. The van der Waals surface area contributed by atoms with Crippen LogP contribution in [0.4, 0.5) is 11.4 Å². The van der Waals surface area contributed by atoms with Crippen LogP contribution in [0.1, 0.15) is 57.9 Å².